The van der Waals surface area contributed by atoms with E-state index in [0.29, 0.717) is 11.3 Å². The van der Waals surface area contributed by atoms with E-state index < -0.39 is 30.9 Å². The van der Waals surface area contributed by atoms with Crippen LogP contribution in [-0.4, -0.2) is 37.0 Å². The maximum absolute atomic E-state index is 13.0. The monoisotopic (exact) mass is 386 g/mol. The highest BCUT2D eigenvalue weighted by molar-refractivity contribution is 6.04. The normalized spacial score (nSPS) is 12.8. The molecule has 2 aromatic carbocycles. The Bertz CT molecular complexity index is 882. The molecule has 0 radical (unpaired) electrons. The van der Waals surface area contributed by atoms with E-state index in [4.69, 9.17) is 9.47 Å². The SMILES string of the molecule is O=C(COC(=O)COc1cccc(F)c1)Nc1ccccc1C(=O)NC1CC1. The first kappa shape index (κ1) is 19.3. The largest absolute Gasteiger partial charge is 0.482 e. The fraction of sp³-hybridized carbons (Fsp3) is 0.250. The predicted molar refractivity (Wildman–Crippen MR) is 98.4 cm³/mol. The lowest BCUT2D eigenvalue weighted by atomic mass is 10.1. The Kier molecular flexibility index (Phi) is 6.21. The summed E-state index contributed by atoms with van der Waals surface area (Å²) in [5, 5.41) is 5.41. The number of ether oxygens (including phenoxy) is 2. The molecule has 0 heterocycles. The molecule has 0 saturated heterocycles. The summed E-state index contributed by atoms with van der Waals surface area (Å²) in [6.07, 6.45) is 1.90. The number of halogens is 1. The van der Waals surface area contributed by atoms with Crippen LogP contribution in [0.4, 0.5) is 10.1 Å². The molecule has 7 nitrogen and oxygen atoms in total. The molecule has 0 aromatic heterocycles. The van der Waals surface area contributed by atoms with E-state index in [-0.39, 0.29) is 17.7 Å². The quantitative estimate of drug-likeness (QED) is 0.679. The number of amides is 2. The summed E-state index contributed by atoms with van der Waals surface area (Å²) in [6, 6.07) is 12.1. The van der Waals surface area contributed by atoms with Gasteiger partial charge in [0.05, 0.1) is 11.3 Å². The average molecular weight is 386 g/mol. The maximum atomic E-state index is 13.0. The Morgan fingerprint density at radius 2 is 1.82 bits per heavy atom. The molecule has 2 N–H and O–H groups in total. The minimum Gasteiger partial charge on any atom is -0.482 e. The van der Waals surface area contributed by atoms with Gasteiger partial charge in [-0.25, -0.2) is 9.18 Å². The van der Waals surface area contributed by atoms with Crippen molar-refractivity contribution in [1.29, 1.82) is 0 Å². The van der Waals surface area contributed by atoms with Crippen LogP contribution in [0.5, 0.6) is 5.75 Å². The van der Waals surface area contributed by atoms with Crippen LogP contribution in [0.3, 0.4) is 0 Å². The van der Waals surface area contributed by atoms with Crippen molar-refractivity contribution in [2.45, 2.75) is 18.9 Å². The van der Waals surface area contributed by atoms with Gasteiger partial charge in [-0.05, 0) is 37.1 Å². The summed E-state index contributed by atoms with van der Waals surface area (Å²) in [6.45, 7) is -0.999. The van der Waals surface area contributed by atoms with Gasteiger partial charge in [-0.3, -0.25) is 9.59 Å². The van der Waals surface area contributed by atoms with Crippen molar-refractivity contribution in [3.63, 3.8) is 0 Å². The van der Waals surface area contributed by atoms with Crippen LogP contribution < -0.4 is 15.4 Å². The van der Waals surface area contributed by atoms with E-state index in [1.54, 1.807) is 24.3 Å². The minimum atomic E-state index is -0.779. The number of anilines is 1. The molecular weight excluding hydrogens is 367 g/mol. The maximum Gasteiger partial charge on any atom is 0.344 e. The molecule has 2 aromatic rings. The van der Waals surface area contributed by atoms with Crippen LogP contribution in [0.1, 0.15) is 23.2 Å². The second-order valence-corrected chi connectivity index (χ2v) is 6.25. The Morgan fingerprint density at radius 1 is 1.04 bits per heavy atom. The Hall–Kier alpha value is -3.42. The van der Waals surface area contributed by atoms with Crippen molar-refractivity contribution in [2.75, 3.05) is 18.5 Å². The molecule has 0 aliphatic heterocycles. The van der Waals surface area contributed by atoms with Crippen LogP contribution in [0.15, 0.2) is 48.5 Å². The third-order valence-electron chi connectivity index (χ3n) is 3.88. The van der Waals surface area contributed by atoms with Crippen LogP contribution in [-0.2, 0) is 14.3 Å². The molecular formula is C20H19FN2O5. The second kappa shape index (κ2) is 8.98. The zero-order valence-corrected chi connectivity index (χ0v) is 14.9. The highest BCUT2D eigenvalue weighted by atomic mass is 19.1. The van der Waals surface area contributed by atoms with Crippen LogP contribution in [0.2, 0.25) is 0 Å². The molecule has 1 aliphatic rings. The van der Waals surface area contributed by atoms with Gasteiger partial charge in [0.2, 0.25) is 0 Å². The number of rotatable bonds is 8. The first-order valence-corrected chi connectivity index (χ1v) is 8.75. The molecule has 1 saturated carbocycles. The van der Waals surface area contributed by atoms with Crippen molar-refractivity contribution >= 4 is 23.5 Å². The van der Waals surface area contributed by atoms with Gasteiger partial charge < -0.3 is 20.1 Å². The summed E-state index contributed by atoms with van der Waals surface area (Å²) in [5.74, 6) is -1.95. The Labute approximate surface area is 160 Å². The lowest BCUT2D eigenvalue weighted by Crippen LogP contribution is -2.28. The van der Waals surface area contributed by atoms with E-state index >= 15 is 0 Å². The number of carbonyl (C=O) groups excluding carboxylic acids is 3. The van der Waals surface area contributed by atoms with Gasteiger partial charge in [0.1, 0.15) is 11.6 Å². The van der Waals surface area contributed by atoms with E-state index in [2.05, 4.69) is 10.6 Å². The van der Waals surface area contributed by atoms with Gasteiger partial charge in [-0.2, -0.15) is 0 Å². The number of esters is 1. The zero-order chi connectivity index (χ0) is 19.9. The fourth-order valence-electron chi connectivity index (χ4n) is 2.35. The molecule has 0 unspecified atom stereocenters. The van der Waals surface area contributed by atoms with Gasteiger partial charge in [0.15, 0.2) is 13.2 Å². The van der Waals surface area contributed by atoms with E-state index in [9.17, 15) is 18.8 Å². The van der Waals surface area contributed by atoms with Gasteiger partial charge in [-0.1, -0.05) is 18.2 Å². The van der Waals surface area contributed by atoms with Crippen molar-refractivity contribution in [1.82, 2.24) is 5.32 Å². The summed E-state index contributed by atoms with van der Waals surface area (Å²) in [4.78, 5) is 35.9. The van der Waals surface area contributed by atoms with E-state index in [1.165, 1.54) is 18.2 Å². The summed E-state index contributed by atoms with van der Waals surface area (Å²) in [5.41, 5.74) is 0.668. The molecule has 0 atom stereocenters. The van der Waals surface area contributed by atoms with Gasteiger partial charge in [-0.15, -0.1) is 0 Å². The van der Waals surface area contributed by atoms with Gasteiger partial charge >= 0.3 is 5.97 Å². The smallest absolute Gasteiger partial charge is 0.344 e. The van der Waals surface area contributed by atoms with Crippen molar-refractivity contribution in [3.05, 3.63) is 59.9 Å². The third kappa shape index (κ3) is 5.80. The predicted octanol–water partition coefficient (Wildman–Crippen LogP) is 2.28. The standard InChI is InChI=1S/C20H19FN2O5/c21-13-4-3-5-15(10-13)27-12-19(25)28-11-18(24)23-17-7-2-1-6-16(17)20(26)22-14-8-9-14/h1-7,10,14H,8-9,11-12H2,(H,22,26)(H,23,24). The number of hydrogen-bond acceptors (Lipinski definition) is 5. The van der Waals surface area contributed by atoms with Crippen LogP contribution >= 0.6 is 0 Å². The molecule has 8 heteroatoms. The molecule has 1 aliphatic carbocycles. The molecule has 28 heavy (non-hydrogen) atoms. The number of carbonyl (C=O) groups is 3. The highest BCUT2D eigenvalue weighted by Crippen LogP contribution is 2.21. The van der Waals surface area contributed by atoms with Gasteiger partial charge in [0, 0.05) is 12.1 Å². The summed E-state index contributed by atoms with van der Waals surface area (Å²) >= 11 is 0. The minimum absolute atomic E-state index is 0.178. The summed E-state index contributed by atoms with van der Waals surface area (Å²) < 4.78 is 23.0. The third-order valence-corrected chi connectivity index (χ3v) is 3.88. The van der Waals surface area contributed by atoms with Crippen molar-refractivity contribution in [3.8, 4) is 5.75 Å². The first-order chi connectivity index (χ1) is 13.5. The Morgan fingerprint density at radius 3 is 2.57 bits per heavy atom. The first-order valence-electron chi connectivity index (χ1n) is 8.75. The topological polar surface area (TPSA) is 93.7 Å². The molecule has 0 spiro atoms. The van der Waals surface area contributed by atoms with E-state index in [0.717, 1.165) is 18.9 Å². The number of para-hydroxylation sites is 1. The fourth-order valence-corrected chi connectivity index (χ4v) is 2.35. The lowest BCUT2D eigenvalue weighted by molar-refractivity contribution is -0.149. The van der Waals surface area contributed by atoms with Crippen molar-refractivity contribution < 1.29 is 28.2 Å². The molecule has 2 amide bonds. The molecule has 0 bridgehead atoms. The van der Waals surface area contributed by atoms with Crippen LogP contribution in [0.25, 0.3) is 0 Å². The van der Waals surface area contributed by atoms with Crippen molar-refractivity contribution in [2.24, 2.45) is 0 Å². The zero-order valence-electron chi connectivity index (χ0n) is 14.9. The van der Waals surface area contributed by atoms with E-state index in [1.807, 2.05) is 0 Å². The molecule has 1 fully saturated rings. The number of nitrogens with one attached hydrogen (secondary N) is 2. The lowest BCUT2D eigenvalue weighted by Gasteiger charge is -2.11. The summed E-state index contributed by atoms with van der Waals surface area (Å²) in [7, 11) is 0. The average Bonchev–Trinajstić information content (AvgIpc) is 3.49. The number of hydrogen-bond donors (Lipinski definition) is 2. The second-order valence-electron chi connectivity index (χ2n) is 6.25. The van der Waals surface area contributed by atoms with Gasteiger partial charge in [0.25, 0.3) is 11.8 Å². The molecule has 3 rings (SSSR count). The highest BCUT2D eigenvalue weighted by Gasteiger charge is 2.25. The Balaban J connectivity index is 1.46. The van der Waals surface area contributed by atoms with Crippen LogP contribution in [0, 0.1) is 5.82 Å². The molecule has 146 valence electrons. The number of benzene rings is 2.